The van der Waals surface area contributed by atoms with E-state index in [-0.39, 0.29) is 12.2 Å². The molecule has 0 saturated carbocycles. The molecule has 0 aromatic carbocycles. The highest BCUT2D eigenvalue weighted by Gasteiger charge is 2.36. The minimum absolute atomic E-state index is 0.0388. The lowest BCUT2D eigenvalue weighted by Crippen LogP contribution is -2.35. The molecule has 0 spiro atoms. The van der Waals surface area contributed by atoms with Gasteiger partial charge in [-0.2, -0.15) is 0 Å². The lowest BCUT2D eigenvalue weighted by Gasteiger charge is -2.25. The van der Waals surface area contributed by atoms with Crippen LogP contribution in [0.15, 0.2) is 35.4 Å². The van der Waals surface area contributed by atoms with Gasteiger partial charge in [-0.25, -0.2) is 14.8 Å². The van der Waals surface area contributed by atoms with Gasteiger partial charge in [0.15, 0.2) is 0 Å². The van der Waals surface area contributed by atoms with Crippen molar-refractivity contribution in [3.05, 3.63) is 36.0 Å². The van der Waals surface area contributed by atoms with Crippen LogP contribution in [0.4, 0.5) is 4.79 Å². The molecule has 1 saturated heterocycles. The van der Waals surface area contributed by atoms with E-state index >= 15 is 0 Å². The maximum Gasteiger partial charge on any atom is 0.410 e. The Morgan fingerprint density at radius 2 is 1.97 bits per heavy atom. The molecule has 8 heteroatoms. The summed E-state index contributed by atoms with van der Waals surface area (Å²) < 4.78 is 17.8. The first-order chi connectivity index (χ1) is 15.9. The number of hydrogen-bond acceptors (Lipinski definition) is 7. The van der Waals surface area contributed by atoms with Crippen LogP contribution in [0.25, 0.3) is 0 Å². The van der Waals surface area contributed by atoms with Gasteiger partial charge in [0.25, 0.3) is 0 Å². The maximum absolute atomic E-state index is 12.5. The van der Waals surface area contributed by atoms with Gasteiger partial charge in [-0.1, -0.05) is 26.5 Å². The summed E-state index contributed by atoms with van der Waals surface area (Å²) in [5, 5.41) is 0. The Morgan fingerprint density at radius 3 is 2.59 bits per heavy atom. The lowest BCUT2D eigenvalue weighted by atomic mass is 9.91. The average molecular weight is 473 g/mol. The molecule has 3 atom stereocenters. The quantitative estimate of drug-likeness (QED) is 0.337. The molecule has 2 heterocycles. The van der Waals surface area contributed by atoms with Crippen molar-refractivity contribution in [2.75, 3.05) is 13.1 Å². The van der Waals surface area contributed by atoms with E-state index in [1.807, 2.05) is 46.4 Å². The smallest absolute Gasteiger partial charge is 0.410 e. The summed E-state index contributed by atoms with van der Waals surface area (Å²) in [5.74, 6) is 2.27. The number of ether oxygens (including phenoxy) is 3. The third-order valence-corrected chi connectivity index (χ3v) is 5.84. The molecule has 1 aliphatic heterocycles. The van der Waals surface area contributed by atoms with Crippen molar-refractivity contribution in [2.45, 2.75) is 79.9 Å². The second-order valence-corrected chi connectivity index (χ2v) is 9.87. The van der Waals surface area contributed by atoms with Gasteiger partial charge in [-0.3, -0.25) is 4.99 Å². The van der Waals surface area contributed by atoms with Gasteiger partial charge in [0.05, 0.1) is 11.3 Å². The summed E-state index contributed by atoms with van der Waals surface area (Å²) in [6, 6.07) is 0. The van der Waals surface area contributed by atoms with Crippen LogP contribution in [-0.2, 0) is 4.74 Å². The minimum atomic E-state index is -0.498. The molecule has 0 bridgehead atoms. The highest BCUT2D eigenvalue weighted by Crippen LogP contribution is 2.32. The summed E-state index contributed by atoms with van der Waals surface area (Å²) in [4.78, 5) is 27.2. The van der Waals surface area contributed by atoms with Crippen molar-refractivity contribution in [1.82, 2.24) is 14.9 Å². The van der Waals surface area contributed by atoms with Crippen LogP contribution in [0, 0.1) is 18.8 Å². The van der Waals surface area contributed by atoms with Crippen LogP contribution in [-0.4, -0.2) is 52.0 Å². The Kier molecular flexibility index (Phi) is 9.65. The third-order valence-electron chi connectivity index (χ3n) is 5.84. The summed E-state index contributed by atoms with van der Waals surface area (Å²) in [5.41, 5.74) is 0.967. The fourth-order valence-electron chi connectivity index (χ4n) is 3.73. The second-order valence-electron chi connectivity index (χ2n) is 9.87. The Hall–Kier alpha value is -2.90. The van der Waals surface area contributed by atoms with Crippen molar-refractivity contribution < 1.29 is 19.0 Å². The molecule has 188 valence electrons. The van der Waals surface area contributed by atoms with Crippen LogP contribution in [0.1, 0.15) is 66.9 Å². The van der Waals surface area contributed by atoms with Gasteiger partial charge in [0, 0.05) is 19.3 Å². The molecule has 1 fully saturated rings. The van der Waals surface area contributed by atoms with E-state index in [1.54, 1.807) is 12.3 Å². The number of aromatic nitrogens is 2. The van der Waals surface area contributed by atoms with Gasteiger partial charge < -0.3 is 19.1 Å². The van der Waals surface area contributed by atoms with Crippen LogP contribution in [0.5, 0.6) is 11.8 Å². The van der Waals surface area contributed by atoms with Crippen molar-refractivity contribution in [1.29, 1.82) is 0 Å². The standard InChI is InChI=1S/C26H40N4O4/c1-10-12-27-19(5)20(6)32-23-18(4)24(29-16-28-23)33-22(11-2)13-21-15-30(14-17(21)3)25(31)34-26(7,8)9/h10,12,16-17,21-22H,1,11,13-15H2,2-9H3/b20-19+,27-12?/t17?,21-,22?/m1/s1. The van der Waals surface area contributed by atoms with E-state index < -0.39 is 5.60 Å². The lowest BCUT2D eigenvalue weighted by molar-refractivity contribution is 0.0281. The first-order valence-electron chi connectivity index (χ1n) is 11.9. The molecule has 1 aliphatic rings. The number of nitrogens with zero attached hydrogens (tertiary/aromatic N) is 4. The van der Waals surface area contributed by atoms with Crippen LogP contribution >= 0.6 is 0 Å². The highest BCUT2D eigenvalue weighted by atomic mass is 16.6. The number of aliphatic imine (C=N–C) groups is 1. The van der Waals surface area contributed by atoms with Gasteiger partial charge >= 0.3 is 6.09 Å². The number of carbonyl (C=O) groups excluding carboxylic acids is 1. The SMILES string of the molecule is C=CC=N/C(C)=C(\C)Oc1ncnc(OC(CC)C[C@@H]2CN(C(=O)OC(C)(C)C)CC2C)c1C. The zero-order chi connectivity index (χ0) is 25.5. The largest absolute Gasteiger partial charge is 0.474 e. The number of rotatable bonds is 9. The van der Waals surface area contributed by atoms with Crippen molar-refractivity contribution in [3.8, 4) is 11.8 Å². The fraction of sp³-hybridized carbons (Fsp3) is 0.615. The van der Waals surface area contributed by atoms with E-state index in [4.69, 9.17) is 14.2 Å². The number of allylic oxidation sites excluding steroid dienone is 3. The summed E-state index contributed by atoms with van der Waals surface area (Å²) >= 11 is 0. The minimum Gasteiger partial charge on any atom is -0.474 e. The molecular formula is C26H40N4O4. The fourth-order valence-corrected chi connectivity index (χ4v) is 3.73. The van der Waals surface area contributed by atoms with E-state index in [2.05, 4.69) is 35.4 Å². The summed E-state index contributed by atoms with van der Waals surface area (Å²) in [6.45, 7) is 20.5. The third kappa shape index (κ3) is 7.85. The Balaban J connectivity index is 2.07. The molecule has 8 nitrogen and oxygen atoms in total. The zero-order valence-electron chi connectivity index (χ0n) is 21.9. The van der Waals surface area contributed by atoms with E-state index in [9.17, 15) is 4.79 Å². The molecule has 1 amide bonds. The summed E-state index contributed by atoms with van der Waals surface area (Å²) in [6.07, 6.45) is 6.03. The predicted octanol–water partition coefficient (Wildman–Crippen LogP) is 5.72. The molecule has 0 aliphatic carbocycles. The van der Waals surface area contributed by atoms with Gasteiger partial charge in [0.1, 0.15) is 23.8 Å². The molecule has 1 aromatic heterocycles. The van der Waals surface area contributed by atoms with Gasteiger partial charge in [-0.15, -0.1) is 0 Å². The number of carbonyl (C=O) groups is 1. The second kappa shape index (κ2) is 12.0. The van der Waals surface area contributed by atoms with Crippen LogP contribution in [0.3, 0.4) is 0 Å². The van der Waals surface area contributed by atoms with Crippen molar-refractivity contribution in [2.24, 2.45) is 16.8 Å². The first-order valence-corrected chi connectivity index (χ1v) is 11.9. The van der Waals surface area contributed by atoms with Crippen LogP contribution < -0.4 is 9.47 Å². The Bertz CT molecular complexity index is 920. The molecule has 34 heavy (non-hydrogen) atoms. The molecular weight excluding hydrogens is 432 g/mol. The average Bonchev–Trinajstić information content (AvgIpc) is 3.13. The molecule has 0 N–H and O–H groups in total. The normalized spacial score (nSPS) is 20.2. The molecule has 2 unspecified atom stereocenters. The van der Waals surface area contributed by atoms with Crippen molar-refractivity contribution in [3.63, 3.8) is 0 Å². The van der Waals surface area contributed by atoms with Gasteiger partial charge in [-0.05, 0) is 66.2 Å². The molecule has 2 rings (SSSR count). The summed E-state index contributed by atoms with van der Waals surface area (Å²) in [7, 11) is 0. The molecule has 0 radical (unpaired) electrons. The predicted molar refractivity (Wildman–Crippen MR) is 134 cm³/mol. The Morgan fingerprint density at radius 1 is 1.29 bits per heavy atom. The van der Waals surface area contributed by atoms with Gasteiger partial charge in [0.2, 0.25) is 11.8 Å². The van der Waals surface area contributed by atoms with Crippen molar-refractivity contribution >= 4 is 12.3 Å². The Labute approximate surface area is 204 Å². The first kappa shape index (κ1) is 27.3. The van der Waals surface area contributed by atoms with E-state index in [0.29, 0.717) is 42.4 Å². The molecule has 1 aromatic rings. The topological polar surface area (TPSA) is 86.1 Å². The monoisotopic (exact) mass is 472 g/mol. The number of hydrogen-bond donors (Lipinski definition) is 0. The van der Waals surface area contributed by atoms with E-state index in [0.717, 1.165) is 24.1 Å². The zero-order valence-corrected chi connectivity index (χ0v) is 21.9. The maximum atomic E-state index is 12.5. The van der Waals surface area contributed by atoms with E-state index in [1.165, 1.54) is 6.33 Å². The van der Waals surface area contributed by atoms with Crippen LogP contribution in [0.2, 0.25) is 0 Å². The number of amides is 1. The number of likely N-dealkylation sites (tertiary alicyclic amines) is 1. The highest BCUT2D eigenvalue weighted by molar-refractivity contribution is 5.71.